The average Bonchev–Trinajstić information content (AvgIpc) is 2.34. The molecule has 1 aromatic carbocycles. The summed E-state index contributed by atoms with van der Waals surface area (Å²) in [6.07, 6.45) is 1.62. The van der Waals surface area contributed by atoms with Crippen molar-refractivity contribution in [3.63, 3.8) is 0 Å². The Balaban J connectivity index is 2.41. The van der Waals surface area contributed by atoms with Gasteiger partial charge in [0.15, 0.2) is 6.61 Å². The van der Waals surface area contributed by atoms with Crippen molar-refractivity contribution in [2.24, 2.45) is 5.73 Å². The van der Waals surface area contributed by atoms with Gasteiger partial charge in [0.1, 0.15) is 5.75 Å². The van der Waals surface area contributed by atoms with E-state index in [1.165, 1.54) is 0 Å². The minimum atomic E-state index is -0.168. The van der Waals surface area contributed by atoms with Crippen LogP contribution >= 0.6 is 0 Å². The molecule has 0 aromatic heterocycles. The third-order valence-corrected chi connectivity index (χ3v) is 1.95. The van der Waals surface area contributed by atoms with Crippen molar-refractivity contribution in [2.45, 2.75) is 6.54 Å². The molecule has 3 N–H and O–H groups in total. The van der Waals surface area contributed by atoms with Crippen molar-refractivity contribution < 1.29 is 9.53 Å². The van der Waals surface area contributed by atoms with Crippen molar-refractivity contribution in [1.29, 1.82) is 0 Å². The van der Waals surface area contributed by atoms with Crippen LogP contribution in [0, 0.1) is 0 Å². The average molecular weight is 220 g/mol. The molecule has 4 nitrogen and oxygen atoms in total. The Hall–Kier alpha value is -1.81. The third kappa shape index (κ3) is 4.14. The highest BCUT2D eigenvalue weighted by atomic mass is 16.5. The molecule has 0 saturated carbocycles. The summed E-state index contributed by atoms with van der Waals surface area (Å²) in [5, 5.41) is 2.62. The summed E-state index contributed by atoms with van der Waals surface area (Å²) in [4.78, 5) is 11.2. The number of ether oxygens (including phenoxy) is 1. The Morgan fingerprint density at radius 2 is 2.38 bits per heavy atom. The number of nitrogens with one attached hydrogen (secondary N) is 1. The van der Waals surface area contributed by atoms with E-state index in [2.05, 4.69) is 11.9 Å². The summed E-state index contributed by atoms with van der Waals surface area (Å²) in [6, 6.07) is 7.37. The van der Waals surface area contributed by atoms with E-state index in [1.54, 1.807) is 12.1 Å². The molecule has 0 unspecified atom stereocenters. The van der Waals surface area contributed by atoms with Gasteiger partial charge in [0.2, 0.25) is 0 Å². The van der Waals surface area contributed by atoms with E-state index in [9.17, 15) is 4.79 Å². The molecule has 0 aliphatic carbocycles. The second-order valence-electron chi connectivity index (χ2n) is 3.23. The smallest absolute Gasteiger partial charge is 0.258 e. The predicted molar refractivity (Wildman–Crippen MR) is 63.0 cm³/mol. The number of hydrogen-bond acceptors (Lipinski definition) is 3. The monoisotopic (exact) mass is 220 g/mol. The molecular weight excluding hydrogens is 204 g/mol. The SMILES string of the molecule is C=CCNC(=O)COc1cccc(CN)c1. The van der Waals surface area contributed by atoms with E-state index < -0.39 is 0 Å². The fraction of sp³-hybridized carbons (Fsp3) is 0.250. The van der Waals surface area contributed by atoms with Gasteiger partial charge in [0.25, 0.3) is 5.91 Å². The molecule has 0 saturated heterocycles. The first-order chi connectivity index (χ1) is 7.76. The van der Waals surface area contributed by atoms with Crippen molar-refractivity contribution in [2.75, 3.05) is 13.2 Å². The zero-order valence-corrected chi connectivity index (χ0v) is 9.11. The molecule has 0 atom stereocenters. The van der Waals surface area contributed by atoms with Crippen LogP contribution in [-0.4, -0.2) is 19.1 Å². The molecule has 0 aliphatic heterocycles. The van der Waals surface area contributed by atoms with E-state index in [1.807, 2.05) is 18.2 Å². The normalized spacial score (nSPS) is 9.56. The molecule has 16 heavy (non-hydrogen) atoms. The molecule has 1 aromatic rings. The Kier molecular flexibility index (Phi) is 5.08. The van der Waals surface area contributed by atoms with Gasteiger partial charge >= 0.3 is 0 Å². The summed E-state index contributed by atoms with van der Waals surface area (Å²) in [5.74, 6) is 0.481. The second-order valence-corrected chi connectivity index (χ2v) is 3.23. The maximum Gasteiger partial charge on any atom is 0.258 e. The summed E-state index contributed by atoms with van der Waals surface area (Å²) < 4.78 is 5.31. The maximum atomic E-state index is 11.2. The molecule has 1 amide bonds. The first-order valence-corrected chi connectivity index (χ1v) is 5.05. The van der Waals surface area contributed by atoms with Crippen LogP contribution in [-0.2, 0) is 11.3 Å². The van der Waals surface area contributed by atoms with Crippen LogP contribution in [0.1, 0.15) is 5.56 Å². The molecule has 1 rings (SSSR count). The lowest BCUT2D eigenvalue weighted by atomic mass is 10.2. The molecule has 86 valence electrons. The van der Waals surface area contributed by atoms with Crippen molar-refractivity contribution >= 4 is 5.91 Å². The highest BCUT2D eigenvalue weighted by molar-refractivity contribution is 5.77. The molecule has 0 aliphatic rings. The van der Waals surface area contributed by atoms with Crippen molar-refractivity contribution in [1.82, 2.24) is 5.32 Å². The first-order valence-electron chi connectivity index (χ1n) is 5.05. The summed E-state index contributed by atoms with van der Waals surface area (Å²) >= 11 is 0. The van der Waals surface area contributed by atoms with E-state index in [0.717, 1.165) is 5.56 Å². The fourth-order valence-electron chi connectivity index (χ4n) is 1.15. The topological polar surface area (TPSA) is 64.3 Å². The minimum absolute atomic E-state index is 0.00185. The van der Waals surface area contributed by atoms with Gasteiger partial charge < -0.3 is 15.8 Å². The van der Waals surface area contributed by atoms with Gasteiger partial charge in [-0.05, 0) is 17.7 Å². The van der Waals surface area contributed by atoms with Crippen LogP contribution in [0.4, 0.5) is 0 Å². The maximum absolute atomic E-state index is 11.2. The van der Waals surface area contributed by atoms with Gasteiger partial charge in [-0.1, -0.05) is 18.2 Å². The highest BCUT2D eigenvalue weighted by Gasteiger charge is 2.01. The molecule has 0 bridgehead atoms. The van der Waals surface area contributed by atoms with Crippen LogP contribution < -0.4 is 15.8 Å². The summed E-state index contributed by atoms with van der Waals surface area (Å²) in [7, 11) is 0. The lowest BCUT2D eigenvalue weighted by Crippen LogP contribution is -2.28. The molecule has 0 heterocycles. The summed E-state index contributed by atoms with van der Waals surface area (Å²) in [5.41, 5.74) is 6.47. The first kappa shape index (κ1) is 12.3. The van der Waals surface area contributed by atoms with Crippen molar-refractivity contribution in [3.8, 4) is 5.75 Å². The predicted octanol–water partition coefficient (Wildman–Crippen LogP) is 0.826. The summed E-state index contributed by atoms with van der Waals surface area (Å²) in [6.45, 7) is 4.41. The molecular formula is C12H16N2O2. The zero-order valence-electron chi connectivity index (χ0n) is 9.11. The number of hydrogen-bond donors (Lipinski definition) is 2. The number of amides is 1. The molecule has 0 fully saturated rings. The lowest BCUT2D eigenvalue weighted by molar-refractivity contribution is -0.122. The number of rotatable bonds is 6. The number of nitrogens with two attached hydrogens (primary N) is 1. The van der Waals surface area contributed by atoms with Crippen LogP contribution in [0.2, 0.25) is 0 Å². The number of carbonyl (C=O) groups excluding carboxylic acids is 1. The minimum Gasteiger partial charge on any atom is -0.484 e. The van der Waals surface area contributed by atoms with Crippen LogP contribution in [0.3, 0.4) is 0 Å². The fourth-order valence-corrected chi connectivity index (χ4v) is 1.15. The lowest BCUT2D eigenvalue weighted by Gasteiger charge is -2.07. The van der Waals surface area contributed by atoms with Gasteiger partial charge in [-0.15, -0.1) is 6.58 Å². The second kappa shape index (κ2) is 6.63. The van der Waals surface area contributed by atoms with Crippen LogP contribution in [0.15, 0.2) is 36.9 Å². The van der Waals surface area contributed by atoms with Crippen molar-refractivity contribution in [3.05, 3.63) is 42.5 Å². The van der Waals surface area contributed by atoms with Gasteiger partial charge in [0.05, 0.1) is 0 Å². The Labute approximate surface area is 95.1 Å². The van der Waals surface area contributed by atoms with Gasteiger partial charge in [-0.2, -0.15) is 0 Å². The number of carbonyl (C=O) groups is 1. The van der Waals surface area contributed by atoms with E-state index in [4.69, 9.17) is 10.5 Å². The molecule has 0 spiro atoms. The van der Waals surface area contributed by atoms with Gasteiger partial charge in [0, 0.05) is 13.1 Å². The molecule has 0 radical (unpaired) electrons. The van der Waals surface area contributed by atoms with Gasteiger partial charge in [-0.3, -0.25) is 4.79 Å². The van der Waals surface area contributed by atoms with Crippen LogP contribution in [0.5, 0.6) is 5.75 Å². The quantitative estimate of drug-likeness (QED) is 0.698. The largest absolute Gasteiger partial charge is 0.484 e. The molecule has 4 heteroatoms. The van der Waals surface area contributed by atoms with E-state index in [0.29, 0.717) is 18.8 Å². The van der Waals surface area contributed by atoms with E-state index in [-0.39, 0.29) is 12.5 Å². The van der Waals surface area contributed by atoms with Crippen LogP contribution in [0.25, 0.3) is 0 Å². The zero-order chi connectivity index (χ0) is 11.8. The highest BCUT2D eigenvalue weighted by Crippen LogP contribution is 2.12. The Bertz CT molecular complexity index is 364. The Morgan fingerprint density at radius 3 is 3.06 bits per heavy atom. The third-order valence-electron chi connectivity index (χ3n) is 1.95. The standard InChI is InChI=1S/C12H16N2O2/c1-2-6-14-12(15)9-16-11-5-3-4-10(7-11)8-13/h2-5,7H,1,6,8-9,13H2,(H,14,15). The Morgan fingerprint density at radius 1 is 1.56 bits per heavy atom. The number of benzene rings is 1. The van der Waals surface area contributed by atoms with E-state index >= 15 is 0 Å². The van der Waals surface area contributed by atoms with Gasteiger partial charge in [-0.25, -0.2) is 0 Å².